The van der Waals surface area contributed by atoms with Crippen molar-refractivity contribution < 1.29 is 17.7 Å². The van der Waals surface area contributed by atoms with Crippen molar-refractivity contribution in [2.24, 2.45) is 0 Å². The average Bonchev–Trinajstić information content (AvgIpc) is 2.90. The zero-order chi connectivity index (χ0) is 12.9. The lowest BCUT2D eigenvalue weighted by molar-refractivity contribution is 0.127. The zero-order valence-electron chi connectivity index (χ0n) is 11.2. The number of hydrogen-bond donors (Lipinski definition) is 0. The Labute approximate surface area is 106 Å². The Bertz CT molecular complexity index is 282. The molecular weight excluding hydrogens is 252 g/mol. The summed E-state index contributed by atoms with van der Waals surface area (Å²) >= 11 is 0. The van der Waals surface area contributed by atoms with Crippen molar-refractivity contribution in [3.8, 4) is 0 Å². The van der Waals surface area contributed by atoms with Crippen molar-refractivity contribution >= 4 is 17.1 Å². The van der Waals surface area contributed by atoms with Crippen LogP contribution in [0.15, 0.2) is 24.3 Å². The molecule has 98 valence electrons. The second-order valence-electron chi connectivity index (χ2n) is 4.28. The SMILES string of the molecule is CO[Si](C[Si](C)(OC)C1C=CC=C1)(OC)OC. The molecule has 0 N–H and O–H groups in total. The predicted octanol–water partition coefficient (Wildman–Crippen LogP) is 2.12. The fourth-order valence-electron chi connectivity index (χ4n) is 2.06. The molecule has 17 heavy (non-hydrogen) atoms. The van der Waals surface area contributed by atoms with Gasteiger partial charge in [0, 0.05) is 39.6 Å². The number of hydrogen-bond acceptors (Lipinski definition) is 4. The van der Waals surface area contributed by atoms with Gasteiger partial charge in [-0.3, -0.25) is 0 Å². The van der Waals surface area contributed by atoms with E-state index in [2.05, 4.69) is 30.9 Å². The molecule has 0 aromatic carbocycles. The van der Waals surface area contributed by atoms with E-state index >= 15 is 0 Å². The van der Waals surface area contributed by atoms with E-state index in [9.17, 15) is 0 Å². The van der Waals surface area contributed by atoms with Crippen LogP contribution < -0.4 is 0 Å². The van der Waals surface area contributed by atoms with E-state index in [1.54, 1.807) is 28.4 Å². The van der Waals surface area contributed by atoms with Crippen molar-refractivity contribution in [2.75, 3.05) is 28.4 Å². The molecule has 0 aromatic heterocycles. The van der Waals surface area contributed by atoms with Crippen LogP contribution in [0.1, 0.15) is 0 Å². The summed E-state index contributed by atoms with van der Waals surface area (Å²) in [6.07, 6.45) is 8.47. The molecule has 0 saturated carbocycles. The van der Waals surface area contributed by atoms with E-state index in [1.807, 2.05) is 0 Å². The molecule has 0 radical (unpaired) electrons. The van der Waals surface area contributed by atoms with Crippen LogP contribution in [-0.2, 0) is 17.7 Å². The van der Waals surface area contributed by atoms with Crippen molar-refractivity contribution in [1.82, 2.24) is 0 Å². The molecule has 1 atom stereocenters. The molecule has 0 saturated heterocycles. The summed E-state index contributed by atoms with van der Waals surface area (Å²) in [5.74, 6) is 0. The summed E-state index contributed by atoms with van der Waals surface area (Å²) in [5, 5.41) is 0. The van der Waals surface area contributed by atoms with Gasteiger partial charge in [-0.1, -0.05) is 24.3 Å². The molecular formula is C11H22O4Si2. The fourth-order valence-corrected chi connectivity index (χ4v) is 10.6. The number of allylic oxidation sites excluding steroid dienone is 4. The highest BCUT2D eigenvalue weighted by atomic mass is 28.4. The van der Waals surface area contributed by atoms with Crippen LogP contribution in [0.5, 0.6) is 0 Å². The molecule has 0 amide bonds. The fraction of sp³-hybridized carbons (Fsp3) is 0.636. The Morgan fingerprint density at radius 3 is 1.71 bits per heavy atom. The minimum absolute atomic E-state index is 0.361. The second kappa shape index (κ2) is 6.08. The van der Waals surface area contributed by atoms with E-state index in [0.717, 1.165) is 5.67 Å². The van der Waals surface area contributed by atoms with Crippen molar-refractivity contribution in [1.29, 1.82) is 0 Å². The van der Waals surface area contributed by atoms with Gasteiger partial charge in [-0.2, -0.15) is 0 Å². The summed E-state index contributed by atoms with van der Waals surface area (Å²) in [6, 6.07) is 0. The van der Waals surface area contributed by atoms with Gasteiger partial charge in [0.1, 0.15) is 0 Å². The Morgan fingerprint density at radius 1 is 0.882 bits per heavy atom. The van der Waals surface area contributed by atoms with E-state index in [0.29, 0.717) is 5.54 Å². The van der Waals surface area contributed by atoms with E-state index in [4.69, 9.17) is 17.7 Å². The maximum Gasteiger partial charge on any atom is 0.499 e. The van der Waals surface area contributed by atoms with Gasteiger partial charge in [0.15, 0.2) is 0 Å². The van der Waals surface area contributed by atoms with Gasteiger partial charge in [0.25, 0.3) is 0 Å². The van der Waals surface area contributed by atoms with Crippen LogP contribution in [0.2, 0.25) is 17.8 Å². The molecule has 0 aromatic rings. The summed E-state index contributed by atoms with van der Waals surface area (Å²) in [7, 11) is 2.15. The minimum Gasteiger partial charge on any atom is -0.419 e. The third-order valence-electron chi connectivity index (χ3n) is 3.42. The molecule has 1 unspecified atom stereocenters. The van der Waals surface area contributed by atoms with Gasteiger partial charge in [-0.25, -0.2) is 0 Å². The van der Waals surface area contributed by atoms with Crippen molar-refractivity contribution in [3.05, 3.63) is 24.3 Å². The Morgan fingerprint density at radius 2 is 1.35 bits per heavy atom. The lowest BCUT2D eigenvalue weighted by Gasteiger charge is -2.35. The highest BCUT2D eigenvalue weighted by Crippen LogP contribution is 2.35. The van der Waals surface area contributed by atoms with Crippen LogP contribution >= 0.6 is 0 Å². The quantitative estimate of drug-likeness (QED) is 0.666. The third kappa shape index (κ3) is 3.15. The standard InChI is InChI=1S/C11H22O4Si2/c1-12-16(5,11-8-6-7-9-11)10-17(13-2,14-3)15-4/h6-9,11H,10H2,1-5H3. The highest BCUT2D eigenvalue weighted by Gasteiger charge is 2.50. The van der Waals surface area contributed by atoms with E-state index < -0.39 is 17.1 Å². The number of rotatable bonds is 7. The van der Waals surface area contributed by atoms with Crippen molar-refractivity contribution in [3.63, 3.8) is 0 Å². The van der Waals surface area contributed by atoms with Gasteiger partial charge in [-0.05, 0) is 6.55 Å². The van der Waals surface area contributed by atoms with Crippen molar-refractivity contribution in [2.45, 2.75) is 17.8 Å². The molecule has 0 aliphatic heterocycles. The van der Waals surface area contributed by atoms with Gasteiger partial charge < -0.3 is 17.7 Å². The minimum atomic E-state index is -2.57. The van der Waals surface area contributed by atoms with Gasteiger partial charge in [0.2, 0.25) is 8.32 Å². The monoisotopic (exact) mass is 274 g/mol. The molecule has 0 fully saturated rings. The van der Waals surface area contributed by atoms with Crippen LogP contribution in [0, 0.1) is 0 Å². The first-order valence-electron chi connectivity index (χ1n) is 5.61. The molecule has 0 bridgehead atoms. The summed E-state index contributed by atoms with van der Waals surface area (Å²) < 4.78 is 22.3. The second-order valence-corrected chi connectivity index (χ2v) is 12.0. The first-order chi connectivity index (χ1) is 8.05. The van der Waals surface area contributed by atoms with E-state index in [-0.39, 0.29) is 0 Å². The average molecular weight is 274 g/mol. The Hall–Kier alpha value is -0.246. The van der Waals surface area contributed by atoms with E-state index in [1.165, 1.54) is 0 Å². The largest absolute Gasteiger partial charge is 0.499 e. The van der Waals surface area contributed by atoms with Gasteiger partial charge >= 0.3 is 8.80 Å². The van der Waals surface area contributed by atoms with Crippen LogP contribution in [0.4, 0.5) is 0 Å². The lowest BCUT2D eigenvalue weighted by atomic mass is 10.5. The zero-order valence-corrected chi connectivity index (χ0v) is 13.2. The van der Waals surface area contributed by atoms with Gasteiger partial charge in [-0.15, -0.1) is 0 Å². The van der Waals surface area contributed by atoms with Crippen LogP contribution in [0.3, 0.4) is 0 Å². The molecule has 1 rings (SSSR count). The molecule has 6 heteroatoms. The van der Waals surface area contributed by atoms with Crippen LogP contribution in [0.25, 0.3) is 0 Å². The molecule has 1 aliphatic carbocycles. The first-order valence-corrected chi connectivity index (χ1v) is 10.2. The molecule has 1 aliphatic rings. The summed E-state index contributed by atoms with van der Waals surface area (Å²) in [4.78, 5) is 0. The van der Waals surface area contributed by atoms with Gasteiger partial charge in [0.05, 0.1) is 0 Å². The highest BCUT2D eigenvalue weighted by molar-refractivity contribution is 6.87. The normalized spacial score (nSPS) is 19.8. The third-order valence-corrected chi connectivity index (χ3v) is 12.6. The maximum absolute atomic E-state index is 5.81. The topological polar surface area (TPSA) is 36.9 Å². The Balaban J connectivity index is 2.86. The Kier molecular flexibility index (Phi) is 5.30. The van der Waals surface area contributed by atoms with Crippen LogP contribution in [-0.4, -0.2) is 45.6 Å². The molecule has 0 spiro atoms. The summed E-state index contributed by atoms with van der Waals surface area (Å²) in [5.41, 5.74) is 1.11. The summed E-state index contributed by atoms with van der Waals surface area (Å²) in [6.45, 7) is 2.19. The smallest absolute Gasteiger partial charge is 0.419 e. The molecule has 4 nitrogen and oxygen atoms in total. The molecule has 0 heterocycles. The first kappa shape index (κ1) is 14.8. The lowest BCUT2D eigenvalue weighted by Crippen LogP contribution is -2.53. The maximum atomic E-state index is 5.81. The predicted molar refractivity (Wildman–Crippen MR) is 72.2 cm³/mol.